The molecule has 0 amide bonds. The Labute approximate surface area is 255 Å². The first-order chi connectivity index (χ1) is 20.9. The van der Waals surface area contributed by atoms with Crippen molar-refractivity contribution < 1.29 is 13.2 Å². The maximum Gasteiger partial charge on any atom is 0.236 e. The number of hydrogen-bond acceptors (Lipinski definition) is 8. The quantitative estimate of drug-likeness (QED) is 0.171. The van der Waals surface area contributed by atoms with Crippen molar-refractivity contribution in [1.29, 1.82) is 0 Å². The lowest BCUT2D eigenvalue weighted by Gasteiger charge is -2.23. The van der Waals surface area contributed by atoms with E-state index in [0.717, 1.165) is 36.9 Å². The molecule has 43 heavy (non-hydrogen) atoms. The number of aryl methyl sites for hydroxylation is 1. The number of nitrogens with zero attached hydrogens (tertiary/aromatic N) is 3. The van der Waals surface area contributed by atoms with Crippen LogP contribution in [-0.2, 0) is 15.8 Å². The van der Waals surface area contributed by atoms with Gasteiger partial charge in [0.1, 0.15) is 5.75 Å². The van der Waals surface area contributed by atoms with E-state index in [4.69, 9.17) is 21.3 Å². The molecule has 0 spiro atoms. The number of fused-ring (bicyclic) bond motifs is 1. The van der Waals surface area contributed by atoms with Gasteiger partial charge in [0.2, 0.25) is 21.9 Å². The van der Waals surface area contributed by atoms with Crippen LogP contribution in [0.2, 0.25) is 5.02 Å². The number of hydrogen-bond donors (Lipinski definition) is 3. The molecular formula is C32H31ClN6O3S. The van der Waals surface area contributed by atoms with Crippen molar-refractivity contribution in [2.24, 2.45) is 0 Å². The van der Waals surface area contributed by atoms with Gasteiger partial charge in [0.15, 0.2) is 0 Å². The highest BCUT2D eigenvalue weighted by atomic mass is 35.5. The van der Waals surface area contributed by atoms with E-state index in [2.05, 4.69) is 25.3 Å². The Kier molecular flexibility index (Phi) is 8.42. The van der Waals surface area contributed by atoms with Crippen LogP contribution in [0.3, 0.4) is 0 Å². The lowest BCUT2D eigenvalue weighted by Crippen LogP contribution is -2.38. The Morgan fingerprint density at radius 2 is 1.86 bits per heavy atom. The first kappa shape index (κ1) is 28.9. The number of anilines is 2. The molecule has 220 valence electrons. The van der Waals surface area contributed by atoms with Crippen LogP contribution in [0.15, 0.2) is 85.2 Å². The lowest BCUT2D eigenvalue weighted by atomic mass is 10.0. The maximum absolute atomic E-state index is 13.1. The van der Waals surface area contributed by atoms with E-state index in [-0.39, 0.29) is 11.8 Å². The summed E-state index contributed by atoms with van der Waals surface area (Å²) >= 11 is 6.22. The maximum atomic E-state index is 13.1. The normalized spacial score (nSPS) is 15.3. The Bertz CT molecular complexity index is 1880. The van der Waals surface area contributed by atoms with Gasteiger partial charge in [0.25, 0.3) is 0 Å². The van der Waals surface area contributed by atoms with Crippen molar-refractivity contribution in [2.45, 2.75) is 31.6 Å². The summed E-state index contributed by atoms with van der Waals surface area (Å²) < 4.78 is 35.5. The largest absolute Gasteiger partial charge is 0.437 e. The molecule has 0 unspecified atom stereocenters. The predicted molar refractivity (Wildman–Crippen MR) is 171 cm³/mol. The molecule has 1 aliphatic rings. The van der Waals surface area contributed by atoms with Crippen molar-refractivity contribution in [3.8, 4) is 22.9 Å². The highest BCUT2D eigenvalue weighted by molar-refractivity contribution is 7.92. The molecule has 1 atom stereocenters. The van der Waals surface area contributed by atoms with Gasteiger partial charge in [-0.1, -0.05) is 54.1 Å². The van der Waals surface area contributed by atoms with Crippen LogP contribution >= 0.6 is 11.6 Å². The lowest BCUT2D eigenvalue weighted by molar-refractivity contribution is 0.466. The molecule has 3 N–H and O–H groups in total. The molecule has 1 fully saturated rings. The third kappa shape index (κ3) is 6.72. The van der Waals surface area contributed by atoms with E-state index in [9.17, 15) is 8.42 Å². The van der Waals surface area contributed by atoms with Crippen LogP contribution in [0.25, 0.3) is 22.0 Å². The molecule has 0 saturated carbocycles. The summed E-state index contributed by atoms with van der Waals surface area (Å²) in [5.41, 5.74) is 3.23. The van der Waals surface area contributed by atoms with Crippen LogP contribution in [0.4, 0.5) is 11.6 Å². The molecule has 6 rings (SSSR count). The molecule has 5 aromatic rings. The highest BCUT2D eigenvalue weighted by Crippen LogP contribution is 2.39. The monoisotopic (exact) mass is 614 g/mol. The first-order valence-electron chi connectivity index (χ1n) is 14.1. The molecule has 9 nitrogen and oxygen atoms in total. The Hall–Kier alpha value is -4.25. The predicted octanol–water partition coefficient (Wildman–Crippen LogP) is 6.55. The van der Waals surface area contributed by atoms with Crippen molar-refractivity contribution in [3.05, 3.63) is 101 Å². The molecule has 0 aliphatic carbocycles. The summed E-state index contributed by atoms with van der Waals surface area (Å²) in [6, 6.07) is 22.0. The Morgan fingerprint density at radius 1 is 0.977 bits per heavy atom. The molecule has 0 radical (unpaired) electrons. The second-order valence-corrected chi connectivity index (χ2v) is 12.6. The molecule has 3 aromatic carbocycles. The number of aromatic nitrogens is 3. The van der Waals surface area contributed by atoms with Crippen LogP contribution in [0.1, 0.15) is 24.0 Å². The molecule has 11 heteroatoms. The second kappa shape index (κ2) is 12.5. The van der Waals surface area contributed by atoms with Gasteiger partial charge in [-0.25, -0.2) is 23.4 Å². The number of piperidine rings is 1. The zero-order chi connectivity index (χ0) is 29.8. The summed E-state index contributed by atoms with van der Waals surface area (Å²) in [6.07, 6.45) is 5.55. The SMILES string of the molecule is Cc1ccc2c(NS(=O)(=O)Cc3ccccc3Cl)cccc2c1Oc1ncccc1-c1ccnc(N[C@H]2CCCNC2)n1. The van der Waals surface area contributed by atoms with E-state index in [1.54, 1.807) is 48.8 Å². The summed E-state index contributed by atoms with van der Waals surface area (Å²) in [5, 5.41) is 8.66. The number of sulfonamides is 1. The number of pyridine rings is 1. The fourth-order valence-electron chi connectivity index (χ4n) is 5.19. The summed E-state index contributed by atoms with van der Waals surface area (Å²) in [5.74, 6) is 1.26. The number of benzene rings is 3. The van der Waals surface area contributed by atoms with E-state index in [0.29, 0.717) is 50.5 Å². The van der Waals surface area contributed by atoms with Gasteiger partial charge in [0, 0.05) is 40.8 Å². The minimum Gasteiger partial charge on any atom is -0.437 e. The Morgan fingerprint density at radius 3 is 2.70 bits per heavy atom. The summed E-state index contributed by atoms with van der Waals surface area (Å²) in [4.78, 5) is 13.7. The fourth-order valence-corrected chi connectivity index (χ4v) is 6.72. The van der Waals surface area contributed by atoms with Crippen LogP contribution in [0.5, 0.6) is 11.6 Å². The third-order valence-corrected chi connectivity index (χ3v) is 8.90. The van der Waals surface area contributed by atoms with Crippen LogP contribution in [-0.4, -0.2) is 42.5 Å². The first-order valence-corrected chi connectivity index (χ1v) is 16.1. The third-order valence-electron chi connectivity index (χ3n) is 7.31. The van der Waals surface area contributed by atoms with Crippen molar-refractivity contribution in [3.63, 3.8) is 0 Å². The van der Waals surface area contributed by atoms with Gasteiger partial charge in [-0.2, -0.15) is 0 Å². The second-order valence-electron chi connectivity index (χ2n) is 10.5. The fraction of sp³-hybridized carbons (Fsp3) is 0.219. The summed E-state index contributed by atoms with van der Waals surface area (Å²) in [6.45, 7) is 3.84. The number of halogens is 1. The minimum absolute atomic E-state index is 0.247. The van der Waals surface area contributed by atoms with Crippen molar-refractivity contribution >= 4 is 44.0 Å². The van der Waals surface area contributed by atoms with Crippen LogP contribution in [0, 0.1) is 6.92 Å². The number of rotatable bonds is 9. The standard InChI is InChI=1S/C32H31ClN6O3S/c1-21-13-14-24-25(9-4-12-29(24)39-43(40,41)20-22-7-2-3-11-27(22)33)30(21)42-31-26(10-6-17-35-31)28-15-18-36-32(38-28)37-23-8-5-16-34-19-23/h2-4,6-7,9-15,17-18,23,34,39H,5,8,16,19-20H2,1H3,(H,36,37,38)/t23-/m0/s1. The van der Waals surface area contributed by atoms with Crippen molar-refractivity contribution in [1.82, 2.24) is 20.3 Å². The topological polar surface area (TPSA) is 118 Å². The Balaban J connectivity index is 1.30. The zero-order valence-corrected chi connectivity index (χ0v) is 25.1. The number of ether oxygens (including phenoxy) is 1. The van der Waals surface area contributed by atoms with E-state index in [1.807, 2.05) is 43.3 Å². The van der Waals surface area contributed by atoms with E-state index < -0.39 is 10.0 Å². The van der Waals surface area contributed by atoms with Gasteiger partial charge in [0.05, 0.1) is 22.7 Å². The van der Waals surface area contributed by atoms with Gasteiger partial charge >= 0.3 is 0 Å². The van der Waals surface area contributed by atoms with Gasteiger partial charge in [-0.15, -0.1) is 0 Å². The molecule has 3 heterocycles. The minimum atomic E-state index is -3.75. The summed E-state index contributed by atoms with van der Waals surface area (Å²) in [7, 11) is -3.75. The van der Waals surface area contributed by atoms with Gasteiger partial charge in [-0.05, 0) is 67.8 Å². The molecule has 0 bridgehead atoms. The van der Waals surface area contributed by atoms with Crippen molar-refractivity contribution in [2.75, 3.05) is 23.1 Å². The zero-order valence-electron chi connectivity index (χ0n) is 23.5. The molecule has 1 aliphatic heterocycles. The molecule has 2 aromatic heterocycles. The van der Waals surface area contributed by atoms with E-state index >= 15 is 0 Å². The molecule has 1 saturated heterocycles. The smallest absolute Gasteiger partial charge is 0.236 e. The average molecular weight is 615 g/mol. The molecular weight excluding hydrogens is 584 g/mol. The van der Waals surface area contributed by atoms with Crippen LogP contribution < -0.4 is 20.1 Å². The van der Waals surface area contributed by atoms with E-state index in [1.165, 1.54) is 0 Å². The highest BCUT2D eigenvalue weighted by Gasteiger charge is 2.19. The van der Waals surface area contributed by atoms with Gasteiger partial charge in [-0.3, -0.25) is 4.72 Å². The van der Waals surface area contributed by atoms with Gasteiger partial charge < -0.3 is 15.4 Å². The number of nitrogens with one attached hydrogen (secondary N) is 3. The average Bonchev–Trinajstić information content (AvgIpc) is 3.00.